The Balaban J connectivity index is 1.94. The molecule has 22 heavy (non-hydrogen) atoms. The Morgan fingerprint density at radius 3 is 2.68 bits per heavy atom. The van der Waals surface area contributed by atoms with Gasteiger partial charge in [0, 0.05) is 5.02 Å². The van der Waals surface area contributed by atoms with Crippen LogP contribution in [-0.2, 0) is 24.0 Å². The van der Waals surface area contributed by atoms with Crippen LogP contribution >= 0.6 is 11.6 Å². The highest BCUT2D eigenvalue weighted by atomic mass is 35.5. The molecule has 0 radical (unpaired) electrons. The first-order valence-corrected chi connectivity index (χ1v) is 6.73. The molecule has 7 nitrogen and oxygen atoms in total. The Hall–Kier alpha value is -2.38. The number of nitrogens with one attached hydrogen (secondary N) is 1. The minimum Gasteiger partial charge on any atom is -0.464 e. The van der Waals surface area contributed by atoms with E-state index in [1.54, 1.807) is 24.3 Å². The summed E-state index contributed by atoms with van der Waals surface area (Å²) in [4.78, 5) is 42.5. The van der Waals surface area contributed by atoms with Crippen LogP contribution in [-0.4, -0.2) is 30.5 Å². The van der Waals surface area contributed by atoms with E-state index in [2.05, 4.69) is 10.2 Å². The van der Waals surface area contributed by atoms with Crippen molar-refractivity contribution in [2.24, 2.45) is 0 Å². The summed E-state index contributed by atoms with van der Waals surface area (Å²) in [5.41, 5.74) is 1.19. The predicted molar refractivity (Wildman–Crippen MR) is 75.6 cm³/mol. The van der Waals surface area contributed by atoms with E-state index < -0.39 is 23.4 Å². The van der Waals surface area contributed by atoms with Gasteiger partial charge in [0.15, 0.2) is 0 Å². The van der Waals surface area contributed by atoms with Crippen molar-refractivity contribution in [1.82, 2.24) is 5.48 Å². The molecule has 2 amide bonds. The number of imide groups is 1. The molecular formula is C14H11ClN2O5. The van der Waals surface area contributed by atoms with E-state index in [-0.39, 0.29) is 12.1 Å². The number of ether oxygens (including phenoxy) is 1. The highest BCUT2D eigenvalue weighted by Crippen LogP contribution is 2.36. The van der Waals surface area contributed by atoms with Gasteiger partial charge in [-0.1, -0.05) is 11.6 Å². The van der Waals surface area contributed by atoms with Gasteiger partial charge >= 0.3 is 5.97 Å². The van der Waals surface area contributed by atoms with Crippen molar-refractivity contribution in [3.63, 3.8) is 0 Å². The van der Waals surface area contributed by atoms with Gasteiger partial charge in [-0.2, -0.15) is 0 Å². The van der Waals surface area contributed by atoms with E-state index in [1.165, 1.54) is 13.2 Å². The van der Waals surface area contributed by atoms with Crippen LogP contribution in [0.5, 0.6) is 0 Å². The monoisotopic (exact) mass is 322 g/mol. The average Bonchev–Trinajstić information content (AvgIpc) is 3.03. The van der Waals surface area contributed by atoms with Gasteiger partial charge in [-0.3, -0.25) is 19.9 Å². The van der Waals surface area contributed by atoms with Crippen LogP contribution in [0.1, 0.15) is 6.42 Å². The number of hydrogen-bond acceptors (Lipinski definition) is 6. The molecule has 3 rings (SSSR count). The second kappa shape index (κ2) is 5.11. The molecule has 1 aromatic rings. The molecule has 8 heteroatoms. The summed E-state index contributed by atoms with van der Waals surface area (Å²) in [5, 5.41) is 0.490. The van der Waals surface area contributed by atoms with Crippen LogP contribution in [0.4, 0.5) is 5.69 Å². The Labute approximate surface area is 130 Å². The lowest BCUT2D eigenvalue weighted by molar-refractivity contribution is -0.142. The van der Waals surface area contributed by atoms with E-state index in [9.17, 15) is 14.4 Å². The largest absolute Gasteiger partial charge is 0.464 e. The smallest absolute Gasteiger partial charge is 0.356 e. The molecule has 1 saturated heterocycles. The second-order valence-electron chi connectivity index (χ2n) is 4.83. The van der Waals surface area contributed by atoms with Crippen LogP contribution in [0.25, 0.3) is 0 Å². The number of amides is 2. The molecular weight excluding hydrogens is 312 g/mol. The molecule has 2 aliphatic rings. The van der Waals surface area contributed by atoms with Crippen molar-refractivity contribution in [1.29, 1.82) is 0 Å². The summed E-state index contributed by atoms with van der Waals surface area (Å²) in [5.74, 6) is -1.69. The number of nitrogens with zero attached hydrogens (tertiary/aromatic N) is 1. The lowest BCUT2D eigenvalue weighted by Gasteiger charge is -2.18. The van der Waals surface area contributed by atoms with Crippen molar-refractivity contribution < 1.29 is 24.0 Å². The number of methoxy groups -OCH3 is 1. The fourth-order valence-electron chi connectivity index (χ4n) is 2.37. The molecule has 0 aromatic heterocycles. The average molecular weight is 323 g/mol. The van der Waals surface area contributed by atoms with E-state index in [1.807, 2.05) is 0 Å². The molecule has 0 bridgehead atoms. The first kappa shape index (κ1) is 14.6. The molecule has 0 unspecified atom stereocenters. The van der Waals surface area contributed by atoms with Crippen molar-refractivity contribution in [2.75, 3.05) is 12.0 Å². The number of esters is 1. The SMILES string of the molecule is COC(=O)C1=C[C@@]2(CC(=O)N(c3ccc(Cl)cc3)C2=O)ON1. The third-order valence-electron chi connectivity index (χ3n) is 3.44. The molecule has 2 aliphatic heterocycles. The molecule has 2 heterocycles. The number of carbonyl (C=O) groups is 3. The first-order chi connectivity index (χ1) is 10.5. The van der Waals surface area contributed by atoms with Crippen molar-refractivity contribution in [3.05, 3.63) is 41.1 Å². The second-order valence-corrected chi connectivity index (χ2v) is 5.27. The summed E-state index contributed by atoms with van der Waals surface area (Å²) in [6, 6.07) is 6.27. The number of hydrogen-bond donors (Lipinski definition) is 1. The normalized spacial score (nSPS) is 23.7. The highest BCUT2D eigenvalue weighted by molar-refractivity contribution is 6.31. The van der Waals surface area contributed by atoms with Gasteiger partial charge in [-0.15, -0.1) is 0 Å². The lowest BCUT2D eigenvalue weighted by Crippen LogP contribution is -2.40. The third-order valence-corrected chi connectivity index (χ3v) is 3.69. The van der Waals surface area contributed by atoms with Crippen LogP contribution in [0, 0.1) is 0 Å². The molecule has 114 valence electrons. The van der Waals surface area contributed by atoms with E-state index in [0.29, 0.717) is 10.7 Å². The maximum Gasteiger partial charge on any atom is 0.356 e. The maximum absolute atomic E-state index is 12.6. The summed E-state index contributed by atoms with van der Waals surface area (Å²) >= 11 is 5.80. The molecule has 1 aromatic carbocycles. The molecule has 0 saturated carbocycles. The minimum absolute atomic E-state index is 0.0124. The Morgan fingerprint density at radius 2 is 2.05 bits per heavy atom. The zero-order valence-electron chi connectivity index (χ0n) is 11.5. The maximum atomic E-state index is 12.6. The van der Waals surface area contributed by atoms with Gasteiger partial charge in [0.05, 0.1) is 19.2 Å². The number of halogens is 1. The summed E-state index contributed by atoms with van der Waals surface area (Å²) in [6.45, 7) is 0. The van der Waals surface area contributed by atoms with E-state index in [0.717, 1.165) is 4.90 Å². The Morgan fingerprint density at radius 1 is 1.36 bits per heavy atom. The van der Waals surface area contributed by atoms with Crippen LogP contribution in [0.2, 0.25) is 5.02 Å². The molecule has 1 N–H and O–H groups in total. The highest BCUT2D eigenvalue weighted by Gasteiger charge is 2.56. The molecule has 1 atom stereocenters. The molecule has 0 aliphatic carbocycles. The number of rotatable bonds is 2. The zero-order valence-corrected chi connectivity index (χ0v) is 12.2. The summed E-state index contributed by atoms with van der Waals surface area (Å²) in [6.07, 6.45) is 1.07. The lowest BCUT2D eigenvalue weighted by atomic mass is 10.0. The first-order valence-electron chi connectivity index (χ1n) is 6.35. The topological polar surface area (TPSA) is 84.9 Å². The van der Waals surface area contributed by atoms with Gasteiger partial charge in [0.2, 0.25) is 11.5 Å². The van der Waals surface area contributed by atoms with Crippen molar-refractivity contribution in [2.45, 2.75) is 12.0 Å². The number of benzene rings is 1. The van der Waals surface area contributed by atoms with Gasteiger partial charge in [0.25, 0.3) is 5.91 Å². The van der Waals surface area contributed by atoms with Crippen molar-refractivity contribution in [3.8, 4) is 0 Å². The fraction of sp³-hybridized carbons (Fsp3) is 0.214. The van der Waals surface area contributed by atoms with E-state index >= 15 is 0 Å². The quantitative estimate of drug-likeness (QED) is 0.644. The van der Waals surface area contributed by atoms with E-state index in [4.69, 9.17) is 16.4 Å². The van der Waals surface area contributed by atoms with Gasteiger partial charge < -0.3 is 4.74 Å². The summed E-state index contributed by atoms with van der Waals surface area (Å²) in [7, 11) is 1.21. The van der Waals surface area contributed by atoms with Gasteiger partial charge in [0.1, 0.15) is 5.70 Å². The fourth-order valence-corrected chi connectivity index (χ4v) is 2.50. The Bertz CT molecular complexity index is 700. The van der Waals surface area contributed by atoms with Crippen LogP contribution < -0.4 is 10.4 Å². The third kappa shape index (κ3) is 2.15. The summed E-state index contributed by atoms with van der Waals surface area (Å²) < 4.78 is 4.55. The standard InChI is InChI=1S/C14H11ClN2O5/c1-21-12(19)10-6-14(22-16-10)7-11(18)17(13(14)20)9-4-2-8(15)3-5-9/h2-6,16H,7H2,1H3/t14-/m0/s1. The van der Waals surface area contributed by atoms with Gasteiger partial charge in [-0.25, -0.2) is 9.69 Å². The van der Waals surface area contributed by atoms with Crippen molar-refractivity contribution >= 4 is 35.1 Å². The Kier molecular flexibility index (Phi) is 3.38. The number of carbonyl (C=O) groups excluding carboxylic acids is 3. The molecule has 1 fully saturated rings. The predicted octanol–water partition coefficient (Wildman–Crippen LogP) is 0.934. The molecule has 1 spiro atoms. The minimum atomic E-state index is -1.53. The van der Waals surface area contributed by atoms with Gasteiger partial charge in [-0.05, 0) is 30.3 Å². The number of hydroxylamine groups is 1. The number of anilines is 1. The van der Waals surface area contributed by atoms with Crippen LogP contribution in [0.15, 0.2) is 36.0 Å². The zero-order chi connectivity index (χ0) is 15.9. The van der Waals surface area contributed by atoms with Crippen LogP contribution in [0.3, 0.4) is 0 Å².